The quantitative estimate of drug-likeness (QED) is 0.837. The zero-order valence-electron chi connectivity index (χ0n) is 12.9. The van der Waals surface area contributed by atoms with Gasteiger partial charge < -0.3 is 24.2 Å². The maximum absolute atomic E-state index is 12.0. The van der Waals surface area contributed by atoms with Crippen LogP contribution in [0.5, 0.6) is 0 Å². The van der Waals surface area contributed by atoms with Crippen LogP contribution in [0.3, 0.4) is 0 Å². The predicted molar refractivity (Wildman–Crippen MR) is 72.5 cm³/mol. The Morgan fingerprint density at radius 2 is 1.76 bits per heavy atom. The minimum Gasteiger partial charge on any atom is -0.481 e. The molecule has 2 fully saturated rings. The molecule has 1 N–H and O–H groups in total. The summed E-state index contributed by atoms with van der Waals surface area (Å²) >= 11 is 0. The predicted octanol–water partition coefficient (Wildman–Crippen LogP) is 1.81. The average molecular weight is 301 g/mol. The number of carboxylic acids is 1. The van der Waals surface area contributed by atoms with Gasteiger partial charge in [-0.1, -0.05) is 0 Å². The lowest BCUT2D eigenvalue weighted by Crippen LogP contribution is -2.59. The van der Waals surface area contributed by atoms with Crippen molar-refractivity contribution in [3.8, 4) is 0 Å². The van der Waals surface area contributed by atoms with E-state index in [0.29, 0.717) is 25.9 Å². The van der Waals surface area contributed by atoms with Crippen LogP contribution < -0.4 is 0 Å². The number of aliphatic carboxylic acids is 1. The molecule has 0 aliphatic carbocycles. The van der Waals surface area contributed by atoms with Crippen LogP contribution in [0.2, 0.25) is 0 Å². The molecule has 0 unspecified atom stereocenters. The van der Waals surface area contributed by atoms with Crippen LogP contribution in [0.15, 0.2) is 0 Å². The Hall–Kier alpha value is -1.34. The highest BCUT2D eigenvalue weighted by molar-refractivity contribution is 5.76. The summed E-state index contributed by atoms with van der Waals surface area (Å²) < 4.78 is 16.1. The van der Waals surface area contributed by atoms with Crippen molar-refractivity contribution in [3.05, 3.63) is 0 Å². The van der Waals surface area contributed by atoms with E-state index in [2.05, 4.69) is 0 Å². The van der Waals surface area contributed by atoms with Gasteiger partial charge in [-0.2, -0.15) is 0 Å². The monoisotopic (exact) mass is 301 g/mol. The molecule has 7 nitrogen and oxygen atoms in total. The molecule has 0 aromatic carbocycles. The first kappa shape index (κ1) is 16.0. The van der Waals surface area contributed by atoms with E-state index in [1.54, 1.807) is 27.7 Å². The number of carbonyl (C=O) groups is 2. The van der Waals surface area contributed by atoms with E-state index >= 15 is 0 Å². The van der Waals surface area contributed by atoms with Crippen molar-refractivity contribution in [2.75, 3.05) is 13.1 Å². The van der Waals surface area contributed by atoms with Gasteiger partial charge in [0.15, 0.2) is 12.6 Å². The van der Waals surface area contributed by atoms with Crippen molar-refractivity contribution in [1.29, 1.82) is 0 Å². The summed E-state index contributed by atoms with van der Waals surface area (Å²) in [6.45, 7) is 7.76. The molecule has 0 aromatic rings. The number of ether oxygens (including phenoxy) is 3. The number of amides is 1. The smallest absolute Gasteiger partial charge is 0.410 e. The number of likely N-dealkylation sites (tertiary alicyclic amines) is 1. The zero-order valence-corrected chi connectivity index (χ0v) is 12.9. The largest absolute Gasteiger partial charge is 0.481 e. The third-order valence-corrected chi connectivity index (χ3v) is 3.81. The van der Waals surface area contributed by atoms with Crippen LogP contribution in [0.4, 0.5) is 4.79 Å². The second kappa shape index (κ2) is 5.46. The Morgan fingerprint density at radius 1 is 1.24 bits per heavy atom. The lowest BCUT2D eigenvalue weighted by atomic mass is 9.77. The van der Waals surface area contributed by atoms with Gasteiger partial charge in [-0.05, 0) is 40.5 Å². The van der Waals surface area contributed by atoms with Crippen LogP contribution >= 0.6 is 0 Å². The summed E-state index contributed by atoms with van der Waals surface area (Å²) in [5.41, 5.74) is -1.64. The number of carbonyl (C=O) groups excluding carboxylic acids is 1. The van der Waals surface area contributed by atoms with Crippen molar-refractivity contribution in [1.82, 2.24) is 4.90 Å². The molecule has 7 heteroatoms. The molecule has 1 amide bonds. The standard InChI is InChI=1S/C14H23NO6/c1-9-19-11(20-9)14(10(16)17)5-7-15(8-6-14)12(18)21-13(2,3)4/h9,11H,5-8H2,1-4H3,(H,16,17). The van der Waals surface area contributed by atoms with Crippen LogP contribution in [-0.4, -0.2) is 53.3 Å². The topological polar surface area (TPSA) is 85.3 Å². The van der Waals surface area contributed by atoms with E-state index in [4.69, 9.17) is 14.2 Å². The van der Waals surface area contributed by atoms with Gasteiger partial charge in [0.05, 0.1) is 0 Å². The first-order valence-electron chi connectivity index (χ1n) is 7.16. The Kier molecular flexibility index (Phi) is 4.17. The Labute approximate surface area is 124 Å². The number of rotatable bonds is 2. The summed E-state index contributed by atoms with van der Waals surface area (Å²) in [5.74, 6) is -0.941. The maximum atomic E-state index is 12.0. The lowest BCUT2D eigenvalue weighted by molar-refractivity contribution is -0.409. The maximum Gasteiger partial charge on any atom is 0.410 e. The second-order valence-electron chi connectivity index (χ2n) is 6.60. The zero-order chi connectivity index (χ0) is 15.8. The van der Waals surface area contributed by atoms with Gasteiger partial charge in [-0.15, -0.1) is 0 Å². The Bertz CT molecular complexity index is 416. The van der Waals surface area contributed by atoms with Crippen LogP contribution in [0.25, 0.3) is 0 Å². The summed E-state index contributed by atoms with van der Waals surface area (Å²) in [7, 11) is 0. The third kappa shape index (κ3) is 3.29. The summed E-state index contributed by atoms with van der Waals surface area (Å²) in [4.78, 5) is 25.2. The molecular weight excluding hydrogens is 278 g/mol. The molecule has 0 aromatic heterocycles. The fourth-order valence-corrected chi connectivity index (χ4v) is 2.58. The fourth-order valence-electron chi connectivity index (χ4n) is 2.58. The van der Waals surface area contributed by atoms with E-state index < -0.39 is 29.4 Å². The highest BCUT2D eigenvalue weighted by Crippen LogP contribution is 2.42. The molecule has 2 rings (SSSR count). The lowest BCUT2D eigenvalue weighted by Gasteiger charge is -2.48. The highest BCUT2D eigenvalue weighted by atomic mass is 16.9. The molecule has 0 radical (unpaired) electrons. The van der Waals surface area contributed by atoms with Crippen molar-refractivity contribution >= 4 is 12.1 Å². The van der Waals surface area contributed by atoms with Gasteiger partial charge in [-0.3, -0.25) is 4.79 Å². The van der Waals surface area contributed by atoms with Crippen molar-refractivity contribution in [3.63, 3.8) is 0 Å². The first-order chi connectivity index (χ1) is 9.64. The van der Waals surface area contributed by atoms with E-state index in [9.17, 15) is 14.7 Å². The van der Waals surface area contributed by atoms with Crippen molar-refractivity contribution in [2.45, 2.75) is 58.7 Å². The summed E-state index contributed by atoms with van der Waals surface area (Å²) in [5, 5.41) is 9.53. The molecule has 21 heavy (non-hydrogen) atoms. The number of nitrogens with zero attached hydrogens (tertiary/aromatic N) is 1. The molecule has 0 bridgehead atoms. The van der Waals surface area contributed by atoms with Crippen LogP contribution in [0, 0.1) is 5.41 Å². The van der Waals surface area contributed by atoms with E-state index in [0.717, 1.165) is 0 Å². The minimum atomic E-state index is -1.08. The number of carboxylic acid groups (broad SMARTS) is 1. The second-order valence-corrected chi connectivity index (χ2v) is 6.60. The normalized spacial score (nSPS) is 28.7. The highest BCUT2D eigenvalue weighted by Gasteiger charge is 2.54. The molecule has 2 heterocycles. The molecule has 0 atom stereocenters. The fraction of sp³-hybridized carbons (Fsp3) is 0.857. The molecule has 2 saturated heterocycles. The van der Waals surface area contributed by atoms with Gasteiger partial charge in [0.25, 0.3) is 0 Å². The van der Waals surface area contributed by atoms with Crippen molar-refractivity contribution < 1.29 is 28.9 Å². The van der Waals surface area contributed by atoms with E-state index in [-0.39, 0.29) is 6.29 Å². The van der Waals surface area contributed by atoms with Crippen LogP contribution in [-0.2, 0) is 19.0 Å². The number of hydrogen-bond donors (Lipinski definition) is 1. The first-order valence-corrected chi connectivity index (χ1v) is 7.16. The van der Waals surface area contributed by atoms with Crippen molar-refractivity contribution in [2.24, 2.45) is 5.41 Å². The van der Waals surface area contributed by atoms with Gasteiger partial charge in [0, 0.05) is 13.1 Å². The third-order valence-electron chi connectivity index (χ3n) is 3.81. The van der Waals surface area contributed by atoms with Gasteiger partial charge in [0.2, 0.25) is 0 Å². The molecular formula is C14H23NO6. The van der Waals surface area contributed by atoms with Gasteiger partial charge >= 0.3 is 12.1 Å². The van der Waals surface area contributed by atoms with E-state index in [1.807, 2.05) is 0 Å². The summed E-state index contributed by atoms with van der Waals surface area (Å²) in [6, 6.07) is 0. The van der Waals surface area contributed by atoms with Gasteiger partial charge in [-0.25, -0.2) is 4.79 Å². The average Bonchev–Trinajstić information content (AvgIpc) is 2.33. The number of hydrogen-bond acceptors (Lipinski definition) is 5. The Morgan fingerprint density at radius 3 is 2.14 bits per heavy atom. The summed E-state index contributed by atoms with van der Waals surface area (Å²) in [6.07, 6.45) is -0.927. The number of piperidine rings is 1. The molecule has 2 aliphatic heterocycles. The van der Waals surface area contributed by atoms with Gasteiger partial charge in [0.1, 0.15) is 11.0 Å². The van der Waals surface area contributed by atoms with Crippen LogP contribution in [0.1, 0.15) is 40.5 Å². The SMILES string of the molecule is CC1OC(C2(C(=O)O)CCN(C(=O)OC(C)(C)C)CC2)O1. The molecule has 2 aliphatic rings. The minimum absolute atomic E-state index is 0.291. The molecule has 0 spiro atoms. The molecule has 120 valence electrons. The molecule has 0 saturated carbocycles. The van der Waals surface area contributed by atoms with E-state index in [1.165, 1.54) is 4.90 Å². The Balaban J connectivity index is 1.97.